The maximum Gasteiger partial charge on any atom is 0.232 e. The molecule has 0 aliphatic heterocycles. The van der Waals surface area contributed by atoms with Crippen molar-refractivity contribution in [1.82, 2.24) is 15.0 Å². The molecule has 90 valence electrons. The first-order valence-electron chi connectivity index (χ1n) is 4.90. The van der Waals surface area contributed by atoms with Crippen molar-refractivity contribution in [2.45, 2.75) is 0 Å². The summed E-state index contributed by atoms with van der Waals surface area (Å²) in [5, 5.41) is 8.83. The number of anilines is 2. The molecule has 0 N–H and O–H groups in total. The zero-order valence-corrected chi connectivity index (χ0v) is 10.5. The van der Waals surface area contributed by atoms with E-state index in [0.717, 1.165) is 0 Å². The van der Waals surface area contributed by atoms with E-state index in [4.69, 9.17) is 16.9 Å². The van der Waals surface area contributed by atoms with Gasteiger partial charge in [0, 0.05) is 20.6 Å². The van der Waals surface area contributed by atoms with Gasteiger partial charge in [-0.1, -0.05) is 6.08 Å². The first kappa shape index (κ1) is 13.2. The summed E-state index contributed by atoms with van der Waals surface area (Å²) in [6.45, 7) is 4.26. The summed E-state index contributed by atoms with van der Waals surface area (Å²) < 4.78 is 0. The highest BCUT2D eigenvalue weighted by molar-refractivity contribution is 6.28. The predicted octanol–water partition coefficient (Wildman–Crippen LogP) is 1.11. The maximum atomic E-state index is 8.73. The fraction of sp³-hybridized carbons (Fsp3) is 0.400. The molecule has 1 rings (SSSR count). The molecule has 17 heavy (non-hydrogen) atoms. The summed E-state index contributed by atoms with van der Waals surface area (Å²) >= 11 is 5.81. The SMILES string of the molecule is C=CCN(CC#N)c1nc(Cl)nc(N(C)C)n1. The summed E-state index contributed by atoms with van der Waals surface area (Å²) in [6.07, 6.45) is 1.67. The Balaban J connectivity index is 3.10. The largest absolute Gasteiger partial charge is 0.347 e. The van der Waals surface area contributed by atoms with E-state index in [2.05, 4.69) is 21.5 Å². The average Bonchev–Trinajstić information content (AvgIpc) is 2.28. The third kappa shape index (κ3) is 3.57. The fourth-order valence-electron chi connectivity index (χ4n) is 1.13. The molecule has 0 amide bonds. The van der Waals surface area contributed by atoms with E-state index in [9.17, 15) is 0 Å². The molecule has 0 spiro atoms. The first-order chi connectivity index (χ1) is 8.08. The number of rotatable bonds is 5. The molecule has 1 aromatic heterocycles. The second-order valence-electron chi connectivity index (χ2n) is 3.43. The molecule has 0 unspecified atom stereocenters. The number of hydrogen-bond acceptors (Lipinski definition) is 6. The third-order valence-corrected chi connectivity index (χ3v) is 2.05. The van der Waals surface area contributed by atoms with Gasteiger partial charge in [-0.25, -0.2) is 0 Å². The minimum atomic E-state index is 0.103. The van der Waals surface area contributed by atoms with Gasteiger partial charge in [0.25, 0.3) is 0 Å². The van der Waals surface area contributed by atoms with Gasteiger partial charge in [0.15, 0.2) is 0 Å². The van der Waals surface area contributed by atoms with E-state index >= 15 is 0 Å². The highest BCUT2D eigenvalue weighted by Crippen LogP contribution is 2.14. The van der Waals surface area contributed by atoms with Crippen LogP contribution in [-0.4, -0.2) is 42.1 Å². The molecule has 6 nitrogen and oxygen atoms in total. The quantitative estimate of drug-likeness (QED) is 0.578. The minimum Gasteiger partial charge on any atom is -0.347 e. The van der Waals surface area contributed by atoms with Gasteiger partial charge in [-0.3, -0.25) is 0 Å². The number of hydrogen-bond donors (Lipinski definition) is 0. The van der Waals surface area contributed by atoms with Crippen molar-refractivity contribution < 1.29 is 0 Å². The maximum absolute atomic E-state index is 8.73. The zero-order valence-electron chi connectivity index (χ0n) is 9.76. The summed E-state index contributed by atoms with van der Waals surface area (Å²) in [7, 11) is 3.61. The Labute approximate surface area is 105 Å². The Morgan fingerprint density at radius 3 is 2.53 bits per heavy atom. The lowest BCUT2D eigenvalue weighted by Gasteiger charge is -2.19. The van der Waals surface area contributed by atoms with Gasteiger partial charge in [-0.2, -0.15) is 20.2 Å². The van der Waals surface area contributed by atoms with Crippen molar-refractivity contribution in [2.24, 2.45) is 0 Å². The molecule has 0 fully saturated rings. The predicted molar refractivity (Wildman–Crippen MR) is 67.2 cm³/mol. The molecule has 0 atom stereocenters. The van der Waals surface area contributed by atoms with Gasteiger partial charge in [-0.05, 0) is 11.6 Å². The highest BCUT2D eigenvalue weighted by Gasteiger charge is 2.12. The highest BCUT2D eigenvalue weighted by atomic mass is 35.5. The molecule has 7 heteroatoms. The summed E-state index contributed by atoms with van der Waals surface area (Å²) in [5.41, 5.74) is 0. The van der Waals surface area contributed by atoms with E-state index < -0.39 is 0 Å². The number of nitriles is 1. The van der Waals surface area contributed by atoms with Crippen LogP contribution in [0.25, 0.3) is 0 Å². The fourth-order valence-corrected chi connectivity index (χ4v) is 1.28. The Morgan fingerprint density at radius 1 is 1.35 bits per heavy atom. The lowest BCUT2D eigenvalue weighted by atomic mass is 10.5. The monoisotopic (exact) mass is 252 g/mol. The Hall–Kier alpha value is -1.87. The molecule has 1 aromatic rings. The lowest BCUT2D eigenvalue weighted by molar-refractivity contribution is 0.860. The summed E-state index contributed by atoms with van der Waals surface area (Å²) in [4.78, 5) is 15.6. The van der Waals surface area contributed by atoms with Crippen LogP contribution in [-0.2, 0) is 0 Å². The van der Waals surface area contributed by atoms with Crippen LogP contribution in [0.2, 0.25) is 5.28 Å². The van der Waals surface area contributed by atoms with Crippen LogP contribution in [0.1, 0.15) is 0 Å². The van der Waals surface area contributed by atoms with Crippen LogP contribution in [0.15, 0.2) is 12.7 Å². The molecule has 0 aliphatic rings. The molecule has 0 aromatic carbocycles. The Kier molecular flexibility index (Phi) is 4.67. The van der Waals surface area contributed by atoms with E-state index in [1.54, 1.807) is 30.0 Å². The van der Waals surface area contributed by atoms with E-state index in [-0.39, 0.29) is 11.8 Å². The van der Waals surface area contributed by atoms with E-state index in [1.807, 2.05) is 6.07 Å². The van der Waals surface area contributed by atoms with Gasteiger partial charge in [-0.15, -0.1) is 6.58 Å². The number of halogens is 1. The van der Waals surface area contributed by atoms with Gasteiger partial charge in [0.2, 0.25) is 17.2 Å². The van der Waals surface area contributed by atoms with Gasteiger partial charge in [0.1, 0.15) is 6.54 Å². The normalized spacial score (nSPS) is 9.53. The van der Waals surface area contributed by atoms with Crippen molar-refractivity contribution in [3.05, 3.63) is 17.9 Å². The van der Waals surface area contributed by atoms with Crippen molar-refractivity contribution in [1.29, 1.82) is 5.26 Å². The van der Waals surface area contributed by atoms with E-state index in [1.165, 1.54) is 0 Å². The zero-order chi connectivity index (χ0) is 12.8. The number of aromatic nitrogens is 3. The van der Waals surface area contributed by atoms with Crippen LogP contribution in [0.5, 0.6) is 0 Å². The van der Waals surface area contributed by atoms with Gasteiger partial charge in [0.05, 0.1) is 6.07 Å². The Bertz CT molecular complexity index is 439. The first-order valence-corrected chi connectivity index (χ1v) is 5.28. The van der Waals surface area contributed by atoms with Crippen molar-refractivity contribution in [3.63, 3.8) is 0 Å². The smallest absolute Gasteiger partial charge is 0.232 e. The second-order valence-corrected chi connectivity index (χ2v) is 3.76. The van der Waals surface area contributed by atoms with Crippen LogP contribution in [0.4, 0.5) is 11.9 Å². The lowest BCUT2D eigenvalue weighted by Crippen LogP contribution is -2.27. The topological polar surface area (TPSA) is 68.9 Å². The van der Waals surface area contributed by atoms with Crippen molar-refractivity contribution >= 4 is 23.5 Å². The molecule has 0 bridgehead atoms. The molecular weight excluding hydrogens is 240 g/mol. The van der Waals surface area contributed by atoms with Crippen LogP contribution in [0.3, 0.4) is 0 Å². The summed E-state index contributed by atoms with van der Waals surface area (Å²) in [6, 6.07) is 2.04. The Morgan fingerprint density at radius 2 is 2.00 bits per heavy atom. The molecular formula is C10H13ClN6. The van der Waals surface area contributed by atoms with Crippen molar-refractivity contribution in [3.8, 4) is 6.07 Å². The number of nitrogens with zero attached hydrogens (tertiary/aromatic N) is 6. The molecule has 0 saturated heterocycles. The minimum absolute atomic E-state index is 0.103. The third-order valence-electron chi connectivity index (χ3n) is 1.88. The van der Waals surface area contributed by atoms with Crippen molar-refractivity contribution in [2.75, 3.05) is 37.0 Å². The second kappa shape index (κ2) is 6.01. The molecule has 0 aliphatic carbocycles. The molecule has 1 heterocycles. The molecule has 0 radical (unpaired) electrons. The van der Waals surface area contributed by atoms with E-state index in [0.29, 0.717) is 18.4 Å². The van der Waals surface area contributed by atoms with Crippen LogP contribution in [0, 0.1) is 11.3 Å². The standard InChI is InChI=1S/C10H13ClN6/c1-4-6-17(7-5-12)10-14-8(11)13-9(15-10)16(2)3/h4H,1,6-7H2,2-3H3. The molecule has 0 saturated carbocycles. The van der Waals surface area contributed by atoms with Crippen LogP contribution < -0.4 is 9.80 Å². The summed E-state index contributed by atoms with van der Waals surface area (Å²) in [5.74, 6) is 0.821. The average molecular weight is 253 g/mol. The van der Waals surface area contributed by atoms with Gasteiger partial charge < -0.3 is 9.80 Å². The van der Waals surface area contributed by atoms with Crippen LogP contribution >= 0.6 is 11.6 Å². The van der Waals surface area contributed by atoms with Gasteiger partial charge >= 0.3 is 0 Å².